The fourth-order valence-corrected chi connectivity index (χ4v) is 5.86. The molecule has 2 aliphatic rings. The number of amides is 2. The van der Waals surface area contributed by atoms with Gasteiger partial charge in [0, 0.05) is 23.3 Å². The highest BCUT2D eigenvalue weighted by Crippen LogP contribution is 2.57. The van der Waals surface area contributed by atoms with Crippen LogP contribution in [0, 0.1) is 0 Å². The van der Waals surface area contributed by atoms with Gasteiger partial charge in [0.2, 0.25) is 11.8 Å². The second-order valence-corrected chi connectivity index (χ2v) is 8.79. The van der Waals surface area contributed by atoms with E-state index in [0.717, 1.165) is 22.6 Å². The molecule has 1 atom stereocenters. The van der Waals surface area contributed by atoms with Crippen molar-refractivity contribution in [3.05, 3.63) is 68.9 Å². The van der Waals surface area contributed by atoms with Crippen molar-refractivity contribution in [2.24, 2.45) is 0 Å². The molecule has 2 aliphatic heterocycles. The number of para-hydroxylation sites is 1. The maximum atomic E-state index is 13.5. The van der Waals surface area contributed by atoms with Gasteiger partial charge >= 0.3 is 5.97 Å². The molecule has 2 amide bonds. The molecule has 150 valence electrons. The van der Waals surface area contributed by atoms with Gasteiger partial charge in [-0.1, -0.05) is 41.9 Å². The topological polar surface area (TPSA) is 86.7 Å². The summed E-state index contributed by atoms with van der Waals surface area (Å²) in [5, 5.41) is 13.3. The van der Waals surface area contributed by atoms with Crippen molar-refractivity contribution in [3.8, 4) is 11.1 Å². The fourth-order valence-electron chi connectivity index (χ4n) is 4.43. The summed E-state index contributed by atoms with van der Waals surface area (Å²) >= 11 is 7.04. The summed E-state index contributed by atoms with van der Waals surface area (Å²) in [4.78, 5) is 40.6. The van der Waals surface area contributed by atoms with Crippen molar-refractivity contribution in [2.75, 3.05) is 17.3 Å². The van der Waals surface area contributed by atoms with Crippen LogP contribution in [0.15, 0.2) is 48.5 Å². The zero-order valence-corrected chi connectivity index (χ0v) is 17.3. The number of benzene rings is 2. The highest BCUT2D eigenvalue weighted by molar-refractivity contribution is 7.15. The van der Waals surface area contributed by atoms with Gasteiger partial charge in [0.1, 0.15) is 10.3 Å². The largest absolute Gasteiger partial charge is 0.477 e. The molecule has 5 rings (SSSR count). The molecule has 1 aromatic heterocycles. The molecule has 2 N–H and O–H groups in total. The molecule has 0 aliphatic carbocycles. The quantitative estimate of drug-likeness (QED) is 0.622. The summed E-state index contributed by atoms with van der Waals surface area (Å²) in [7, 11) is 1.67. The lowest BCUT2D eigenvalue weighted by Crippen LogP contribution is -2.45. The summed E-state index contributed by atoms with van der Waals surface area (Å²) in [6, 6.07) is 14.1. The van der Waals surface area contributed by atoms with Gasteiger partial charge in [-0.3, -0.25) is 9.59 Å². The minimum absolute atomic E-state index is 0.0696. The third kappa shape index (κ3) is 2.39. The Morgan fingerprint density at radius 3 is 2.57 bits per heavy atom. The van der Waals surface area contributed by atoms with Gasteiger partial charge in [0.25, 0.3) is 0 Å². The van der Waals surface area contributed by atoms with Gasteiger partial charge < -0.3 is 15.3 Å². The predicted molar refractivity (Wildman–Crippen MR) is 116 cm³/mol. The van der Waals surface area contributed by atoms with Crippen molar-refractivity contribution in [3.63, 3.8) is 0 Å². The predicted octanol–water partition coefficient (Wildman–Crippen LogP) is 4.37. The molecule has 2 aromatic carbocycles. The number of carboxylic acid groups (broad SMARTS) is 1. The number of likely N-dealkylation sites (N-methyl/N-ethyl adjacent to an activating group) is 1. The first-order valence-corrected chi connectivity index (χ1v) is 10.4. The second-order valence-electron chi connectivity index (χ2n) is 7.33. The SMILES string of the molecule is CN1C(=O)C2(CC(=O)Nc3c2sc(C(=O)O)c3-c2ccc(Cl)cc2)c2ccccc21. The average Bonchev–Trinajstić information content (AvgIpc) is 3.20. The number of carbonyl (C=O) groups excluding carboxylic acids is 2. The Bertz CT molecular complexity index is 1250. The van der Waals surface area contributed by atoms with Gasteiger partial charge in [-0.05, 0) is 29.3 Å². The Morgan fingerprint density at radius 1 is 1.17 bits per heavy atom. The van der Waals surface area contributed by atoms with E-state index in [1.54, 1.807) is 36.2 Å². The summed E-state index contributed by atoms with van der Waals surface area (Å²) in [6.07, 6.45) is -0.0696. The van der Waals surface area contributed by atoms with Crippen LogP contribution >= 0.6 is 22.9 Å². The molecule has 0 saturated heterocycles. The summed E-state index contributed by atoms with van der Waals surface area (Å²) in [5.41, 5.74) is 1.60. The molecule has 0 saturated carbocycles. The number of thiophene rings is 1. The Labute approximate surface area is 180 Å². The lowest BCUT2D eigenvalue weighted by Gasteiger charge is -2.32. The number of fused-ring (bicyclic) bond motifs is 4. The third-order valence-corrected chi connectivity index (χ3v) is 7.30. The molecular weight excluding hydrogens is 424 g/mol. The number of hydrogen-bond acceptors (Lipinski definition) is 4. The lowest BCUT2D eigenvalue weighted by atomic mass is 9.74. The van der Waals surface area contributed by atoms with Crippen LogP contribution in [0.4, 0.5) is 11.4 Å². The maximum Gasteiger partial charge on any atom is 0.346 e. The zero-order chi connectivity index (χ0) is 21.2. The highest BCUT2D eigenvalue weighted by Gasteiger charge is 2.57. The van der Waals surface area contributed by atoms with Crippen LogP contribution in [-0.4, -0.2) is 29.9 Å². The van der Waals surface area contributed by atoms with Gasteiger partial charge in [-0.25, -0.2) is 4.79 Å². The number of carboxylic acids is 1. The number of carbonyl (C=O) groups is 3. The molecular formula is C22H15ClN2O4S. The van der Waals surface area contributed by atoms with Crippen LogP contribution in [0.2, 0.25) is 5.02 Å². The van der Waals surface area contributed by atoms with Crippen molar-refractivity contribution in [1.82, 2.24) is 0 Å². The molecule has 8 heteroatoms. The van der Waals surface area contributed by atoms with Crippen LogP contribution in [0.25, 0.3) is 11.1 Å². The second kappa shape index (κ2) is 6.42. The first-order chi connectivity index (χ1) is 14.3. The minimum atomic E-state index is -1.23. The Morgan fingerprint density at radius 2 is 1.87 bits per heavy atom. The van der Waals surface area contributed by atoms with E-state index in [-0.39, 0.29) is 23.1 Å². The molecule has 0 bridgehead atoms. The number of nitrogens with zero attached hydrogens (tertiary/aromatic N) is 1. The Hall–Kier alpha value is -3.16. The van der Waals surface area contributed by atoms with Crippen LogP contribution in [-0.2, 0) is 15.0 Å². The molecule has 3 heterocycles. The number of aromatic carboxylic acids is 1. The van der Waals surface area contributed by atoms with Gasteiger partial charge in [-0.2, -0.15) is 0 Å². The van der Waals surface area contributed by atoms with Crippen LogP contribution in [0.5, 0.6) is 0 Å². The molecule has 1 unspecified atom stereocenters. The van der Waals surface area contributed by atoms with E-state index in [1.165, 1.54) is 0 Å². The van der Waals surface area contributed by atoms with E-state index < -0.39 is 11.4 Å². The van der Waals surface area contributed by atoms with Crippen molar-refractivity contribution in [1.29, 1.82) is 0 Å². The van der Waals surface area contributed by atoms with Gasteiger partial charge in [0.15, 0.2) is 0 Å². The average molecular weight is 439 g/mol. The maximum absolute atomic E-state index is 13.5. The van der Waals surface area contributed by atoms with Crippen LogP contribution in [0.1, 0.15) is 26.5 Å². The van der Waals surface area contributed by atoms with Crippen LogP contribution in [0.3, 0.4) is 0 Å². The number of halogens is 1. The standard InChI is InChI=1S/C22H15ClN2O4S/c1-25-14-5-3-2-4-13(14)22(21(25)29)10-15(26)24-17-16(11-6-8-12(23)9-7-11)18(20(27)28)30-19(17)22/h2-9H,10H2,1H3,(H,24,26)(H,27,28). The zero-order valence-electron chi connectivity index (χ0n) is 15.7. The number of anilines is 2. The van der Waals surface area contributed by atoms with E-state index in [1.807, 2.05) is 24.3 Å². The first kappa shape index (κ1) is 18.8. The first-order valence-electron chi connectivity index (χ1n) is 9.18. The molecule has 0 radical (unpaired) electrons. The van der Waals surface area contributed by atoms with Gasteiger partial charge in [0.05, 0.1) is 17.0 Å². The fraction of sp³-hybridized carbons (Fsp3) is 0.136. The molecule has 3 aromatic rings. The lowest BCUT2D eigenvalue weighted by molar-refractivity contribution is -0.126. The molecule has 1 spiro atoms. The molecule has 6 nitrogen and oxygen atoms in total. The van der Waals surface area contributed by atoms with Crippen LogP contribution < -0.4 is 10.2 Å². The normalized spacial score (nSPS) is 19.6. The van der Waals surface area contributed by atoms with Gasteiger partial charge in [-0.15, -0.1) is 11.3 Å². The Balaban J connectivity index is 1.85. The Kier molecular flexibility index (Phi) is 4.03. The summed E-state index contributed by atoms with van der Waals surface area (Å²) in [5.74, 6) is -1.68. The van der Waals surface area contributed by atoms with Crippen molar-refractivity contribution < 1.29 is 19.5 Å². The number of nitrogens with one attached hydrogen (secondary N) is 1. The van der Waals surface area contributed by atoms with Crippen molar-refractivity contribution >= 4 is 52.1 Å². The van der Waals surface area contributed by atoms with E-state index >= 15 is 0 Å². The highest BCUT2D eigenvalue weighted by atomic mass is 35.5. The number of rotatable bonds is 2. The summed E-state index contributed by atoms with van der Waals surface area (Å²) in [6.45, 7) is 0. The third-order valence-electron chi connectivity index (χ3n) is 5.71. The van der Waals surface area contributed by atoms with E-state index in [0.29, 0.717) is 26.7 Å². The summed E-state index contributed by atoms with van der Waals surface area (Å²) < 4.78 is 0. The van der Waals surface area contributed by atoms with E-state index in [4.69, 9.17) is 11.6 Å². The number of hydrogen-bond donors (Lipinski definition) is 2. The van der Waals surface area contributed by atoms with Crippen molar-refractivity contribution in [2.45, 2.75) is 11.8 Å². The van der Waals surface area contributed by atoms with E-state index in [2.05, 4.69) is 5.32 Å². The monoisotopic (exact) mass is 438 g/mol. The minimum Gasteiger partial charge on any atom is -0.477 e. The molecule has 0 fully saturated rings. The smallest absolute Gasteiger partial charge is 0.346 e. The van der Waals surface area contributed by atoms with E-state index in [9.17, 15) is 19.5 Å². The molecule has 30 heavy (non-hydrogen) atoms.